The third-order valence-corrected chi connectivity index (χ3v) is 6.09. The molecule has 0 unspecified atom stereocenters. The zero-order valence-electron chi connectivity index (χ0n) is 15.3. The molecule has 0 saturated heterocycles. The van der Waals surface area contributed by atoms with Gasteiger partial charge in [-0.2, -0.15) is 4.52 Å². The van der Waals surface area contributed by atoms with Gasteiger partial charge in [0.2, 0.25) is 0 Å². The lowest BCUT2D eigenvalue weighted by atomic mass is 10.1. The van der Waals surface area contributed by atoms with E-state index in [2.05, 4.69) is 10.3 Å². The molecule has 7 nitrogen and oxygen atoms in total. The molecule has 0 radical (unpaired) electrons. The molecule has 2 aromatic carbocycles. The van der Waals surface area contributed by atoms with E-state index in [1.54, 1.807) is 9.08 Å². The average molecular weight is 404 g/mol. The number of aryl methyl sites for hydroxylation is 1. The van der Waals surface area contributed by atoms with Crippen LogP contribution >= 0.6 is 11.3 Å². The van der Waals surface area contributed by atoms with Crippen LogP contribution in [0.5, 0.6) is 0 Å². The van der Waals surface area contributed by atoms with Crippen LogP contribution in [0.15, 0.2) is 59.4 Å². The molecule has 0 aliphatic carbocycles. The van der Waals surface area contributed by atoms with Gasteiger partial charge in [-0.25, -0.2) is 0 Å². The van der Waals surface area contributed by atoms with E-state index in [9.17, 15) is 9.59 Å². The monoisotopic (exact) mass is 404 g/mol. The average Bonchev–Trinajstić information content (AvgIpc) is 3.32. The summed E-state index contributed by atoms with van der Waals surface area (Å²) in [4.78, 5) is 24.4. The maximum atomic E-state index is 13.4. The number of carboxylic acids is 1. The molecular formula is C21H16N4O3S. The molecule has 0 amide bonds. The summed E-state index contributed by atoms with van der Waals surface area (Å²) in [6, 6.07) is 17.4. The molecule has 3 aromatic heterocycles. The van der Waals surface area contributed by atoms with Crippen LogP contribution in [-0.4, -0.2) is 30.5 Å². The number of nitrogens with zero attached hydrogens (tertiary/aromatic N) is 4. The van der Waals surface area contributed by atoms with Crippen LogP contribution in [0, 0.1) is 0 Å². The number of hydrogen-bond acceptors (Lipinski definition) is 5. The molecule has 8 heteroatoms. The van der Waals surface area contributed by atoms with Crippen LogP contribution in [-0.2, 0) is 11.3 Å². The van der Waals surface area contributed by atoms with E-state index < -0.39 is 5.97 Å². The lowest BCUT2D eigenvalue weighted by Crippen LogP contribution is -2.23. The Bertz CT molecular complexity index is 1430. The Morgan fingerprint density at radius 3 is 2.62 bits per heavy atom. The largest absolute Gasteiger partial charge is 0.481 e. The zero-order valence-corrected chi connectivity index (χ0v) is 16.1. The van der Waals surface area contributed by atoms with Crippen molar-refractivity contribution < 1.29 is 9.90 Å². The molecule has 1 N–H and O–H groups in total. The Morgan fingerprint density at radius 1 is 1.07 bits per heavy atom. The van der Waals surface area contributed by atoms with Crippen LogP contribution in [0.25, 0.3) is 37.2 Å². The second-order valence-corrected chi connectivity index (χ2v) is 7.82. The highest BCUT2D eigenvalue weighted by atomic mass is 32.1. The topological polar surface area (TPSA) is 89.5 Å². The third-order valence-electron chi connectivity index (χ3n) is 4.94. The maximum Gasteiger partial charge on any atom is 0.303 e. The summed E-state index contributed by atoms with van der Waals surface area (Å²) >= 11 is 1.42. The minimum atomic E-state index is -0.882. The number of aliphatic carboxylic acids is 1. The van der Waals surface area contributed by atoms with Gasteiger partial charge in [0.1, 0.15) is 15.9 Å². The molecule has 0 spiro atoms. The van der Waals surface area contributed by atoms with Crippen molar-refractivity contribution in [1.82, 2.24) is 19.4 Å². The van der Waals surface area contributed by atoms with Gasteiger partial charge in [0, 0.05) is 28.6 Å². The summed E-state index contributed by atoms with van der Waals surface area (Å²) in [5.74, 6) is -0.882. The van der Waals surface area contributed by atoms with Gasteiger partial charge in [0.25, 0.3) is 5.56 Å². The molecule has 0 atom stereocenters. The summed E-state index contributed by atoms with van der Waals surface area (Å²) in [6.45, 7) is 0.284. The number of carbonyl (C=O) groups is 1. The standard InChI is InChI=1S/C21H16N4O3S/c26-16(27)11-6-12-24-20-17(13-7-2-1-3-8-13)22-23-25(20)18-14-9-4-5-10-15(14)29-19(18)21(24)28/h1-5,7-10H,6,11-12H2,(H,26,27). The van der Waals surface area contributed by atoms with Crippen molar-refractivity contribution in [2.75, 3.05) is 0 Å². The lowest BCUT2D eigenvalue weighted by Gasteiger charge is -2.10. The number of carboxylic acid groups (broad SMARTS) is 1. The van der Waals surface area contributed by atoms with Crippen molar-refractivity contribution in [2.45, 2.75) is 19.4 Å². The summed E-state index contributed by atoms with van der Waals surface area (Å²) in [5, 5.41) is 18.8. The van der Waals surface area contributed by atoms with Gasteiger partial charge >= 0.3 is 5.97 Å². The molecule has 5 rings (SSSR count). The third kappa shape index (κ3) is 2.80. The molecule has 0 aliphatic rings. The molecule has 0 bridgehead atoms. The second-order valence-electron chi connectivity index (χ2n) is 6.77. The highest BCUT2D eigenvalue weighted by Crippen LogP contribution is 2.33. The second kappa shape index (κ2) is 6.82. The molecular weight excluding hydrogens is 388 g/mol. The van der Waals surface area contributed by atoms with Crippen molar-refractivity contribution in [3.63, 3.8) is 0 Å². The minimum Gasteiger partial charge on any atom is -0.481 e. The number of rotatable bonds is 5. The Hall–Kier alpha value is -3.52. The Labute approximate surface area is 168 Å². The molecule has 0 aliphatic heterocycles. The molecule has 29 heavy (non-hydrogen) atoms. The Morgan fingerprint density at radius 2 is 1.83 bits per heavy atom. The maximum absolute atomic E-state index is 13.4. The van der Waals surface area contributed by atoms with Gasteiger partial charge in [0.15, 0.2) is 5.65 Å². The van der Waals surface area contributed by atoms with E-state index in [1.807, 2.05) is 54.6 Å². The van der Waals surface area contributed by atoms with E-state index in [1.165, 1.54) is 11.3 Å². The minimum absolute atomic E-state index is 0.00864. The van der Waals surface area contributed by atoms with E-state index in [0.29, 0.717) is 22.5 Å². The fourth-order valence-corrected chi connectivity index (χ4v) is 4.79. The fourth-order valence-electron chi connectivity index (χ4n) is 3.65. The van der Waals surface area contributed by atoms with Gasteiger partial charge in [-0.15, -0.1) is 16.4 Å². The molecule has 3 heterocycles. The van der Waals surface area contributed by atoms with Crippen molar-refractivity contribution in [1.29, 1.82) is 0 Å². The highest BCUT2D eigenvalue weighted by molar-refractivity contribution is 7.25. The van der Waals surface area contributed by atoms with Crippen LogP contribution in [0.2, 0.25) is 0 Å². The van der Waals surface area contributed by atoms with E-state index >= 15 is 0 Å². The molecule has 0 fully saturated rings. The normalized spacial score (nSPS) is 11.6. The molecule has 0 saturated carbocycles. The van der Waals surface area contributed by atoms with Crippen molar-refractivity contribution >= 4 is 43.3 Å². The number of hydrogen-bond donors (Lipinski definition) is 1. The summed E-state index contributed by atoms with van der Waals surface area (Å²) < 4.78 is 4.93. The number of thiophene rings is 1. The fraction of sp³-hybridized carbons (Fsp3) is 0.143. The van der Waals surface area contributed by atoms with E-state index in [-0.39, 0.29) is 18.5 Å². The Kier molecular flexibility index (Phi) is 4.13. The summed E-state index contributed by atoms with van der Waals surface area (Å²) in [6.07, 6.45) is 0.339. The predicted molar refractivity (Wildman–Crippen MR) is 112 cm³/mol. The SMILES string of the molecule is O=C(O)CCCn1c(=O)c2sc3ccccc3c2n2nnc(-c3ccccc3)c12. The van der Waals surface area contributed by atoms with Gasteiger partial charge in [-0.05, 0) is 12.5 Å². The van der Waals surface area contributed by atoms with Crippen LogP contribution < -0.4 is 5.56 Å². The predicted octanol–water partition coefficient (Wildman–Crippen LogP) is 3.79. The first-order chi connectivity index (χ1) is 14.1. The van der Waals surface area contributed by atoms with Crippen molar-refractivity contribution in [3.05, 3.63) is 65.0 Å². The van der Waals surface area contributed by atoms with Crippen LogP contribution in [0.3, 0.4) is 0 Å². The molecule has 144 valence electrons. The quantitative estimate of drug-likeness (QED) is 0.481. The highest BCUT2D eigenvalue weighted by Gasteiger charge is 2.21. The van der Waals surface area contributed by atoms with Gasteiger partial charge < -0.3 is 5.11 Å². The first-order valence-electron chi connectivity index (χ1n) is 9.22. The first kappa shape index (κ1) is 17.6. The van der Waals surface area contributed by atoms with Crippen molar-refractivity contribution in [2.24, 2.45) is 0 Å². The van der Waals surface area contributed by atoms with Crippen LogP contribution in [0.4, 0.5) is 0 Å². The molecule has 5 aromatic rings. The van der Waals surface area contributed by atoms with E-state index in [0.717, 1.165) is 21.2 Å². The Balaban J connectivity index is 1.87. The van der Waals surface area contributed by atoms with Gasteiger partial charge in [-0.3, -0.25) is 14.2 Å². The number of aromatic nitrogens is 4. The van der Waals surface area contributed by atoms with Gasteiger partial charge in [0.05, 0.1) is 0 Å². The summed E-state index contributed by atoms with van der Waals surface area (Å²) in [7, 11) is 0. The number of fused-ring (bicyclic) bond motifs is 5. The van der Waals surface area contributed by atoms with E-state index in [4.69, 9.17) is 5.11 Å². The zero-order chi connectivity index (χ0) is 20.0. The first-order valence-corrected chi connectivity index (χ1v) is 10.0. The lowest BCUT2D eigenvalue weighted by molar-refractivity contribution is -0.137. The summed E-state index contributed by atoms with van der Waals surface area (Å²) in [5.41, 5.74) is 2.65. The van der Waals surface area contributed by atoms with Gasteiger partial charge in [-0.1, -0.05) is 53.7 Å². The smallest absolute Gasteiger partial charge is 0.303 e. The van der Waals surface area contributed by atoms with Crippen molar-refractivity contribution in [3.8, 4) is 11.3 Å². The number of benzene rings is 2. The van der Waals surface area contributed by atoms with Crippen LogP contribution in [0.1, 0.15) is 12.8 Å².